The first-order chi connectivity index (χ1) is 8.78. The number of hydrogen-bond acceptors (Lipinski definition) is 3. The maximum Gasteiger partial charge on any atom is 0.389 e. The average molecular weight is 298 g/mol. The molecule has 0 saturated carbocycles. The molecule has 1 aliphatic heterocycles. The number of amides is 1. The summed E-state index contributed by atoms with van der Waals surface area (Å²) in [7, 11) is 0. The number of nitrogens with one attached hydrogen (secondary N) is 1. The number of hydrogen-bond donors (Lipinski definition) is 2. The number of alkyl halides is 3. The summed E-state index contributed by atoms with van der Waals surface area (Å²) in [5, 5.41) is 2.49. The van der Waals surface area contributed by atoms with E-state index in [4.69, 9.17) is 22.7 Å². The van der Waals surface area contributed by atoms with Gasteiger partial charge in [0.15, 0.2) is 0 Å². The van der Waals surface area contributed by atoms with E-state index in [0.717, 1.165) is 0 Å². The third-order valence-corrected chi connectivity index (χ3v) is 3.57. The van der Waals surface area contributed by atoms with Crippen molar-refractivity contribution in [1.82, 2.24) is 5.32 Å². The molecule has 0 atom stereocenters. The highest BCUT2D eigenvalue weighted by atomic mass is 32.1. The lowest BCUT2D eigenvalue weighted by Crippen LogP contribution is -2.52. The molecule has 19 heavy (non-hydrogen) atoms. The predicted molar refractivity (Wildman–Crippen MR) is 67.6 cm³/mol. The molecule has 0 radical (unpaired) electrons. The van der Waals surface area contributed by atoms with Crippen molar-refractivity contribution in [3.05, 3.63) is 0 Å². The standard InChI is InChI=1S/C11H17F3N2O2S/c12-11(13,14)2-1-5-16-9(17)10(8(15)19)3-6-18-7-4-10/h1-7H2,(H2,15,19)(H,16,17). The molecular weight excluding hydrogens is 281 g/mol. The maximum absolute atomic E-state index is 12.1. The van der Waals surface area contributed by atoms with Crippen molar-refractivity contribution in [3.63, 3.8) is 0 Å². The Morgan fingerprint density at radius 1 is 1.37 bits per heavy atom. The van der Waals surface area contributed by atoms with E-state index in [-0.39, 0.29) is 18.0 Å². The molecule has 0 spiro atoms. The largest absolute Gasteiger partial charge is 0.392 e. The molecular formula is C11H17F3N2O2S. The summed E-state index contributed by atoms with van der Waals surface area (Å²) in [5.74, 6) is -0.398. The maximum atomic E-state index is 12.1. The van der Waals surface area contributed by atoms with Crippen LogP contribution in [0.2, 0.25) is 0 Å². The predicted octanol–water partition coefficient (Wildman–Crippen LogP) is 1.53. The van der Waals surface area contributed by atoms with Gasteiger partial charge in [0, 0.05) is 26.2 Å². The first kappa shape index (κ1) is 16.2. The Balaban J connectivity index is 2.48. The SMILES string of the molecule is NC(=S)C1(C(=O)NCCCC(F)(F)F)CCOCC1. The molecule has 0 aromatic heterocycles. The summed E-state index contributed by atoms with van der Waals surface area (Å²) >= 11 is 4.92. The lowest BCUT2D eigenvalue weighted by molar-refractivity contribution is -0.137. The molecule has 0 aromatic carbocycles. The van der Waals surface area contributed by atoms with Crippen LogP contribution >= 0.6 is 12.2 Å². The van der Waals surface area contributed by atoms with Crippen LogP contribution in [-0.4, -0.2) is 36.8 Å². The first-order valence-corrected chi connectivity index (χ1v) is 6.41. The topological polar surface area (TPSA) is 64.4 Å². The zero-order chi connectivity index (χ0) is 14.5. The molecule has 0 aromatic rings. The molecule has 1 amide bonds. The Labute approximate surface area is 114 Å². The number of carbonyl (C=O) groups is 1. The molecule has 1 saturated heterocycles. The number of nitrogens with two attached hydrogens (primary N) is 1. The van der Waals surface area contributed by atoms with E-state index in [1.54, 1.807) is 0 Å². The van der Waals surface area contributed by atoms with Gasteiger partial charge in [0.05, 0.1) is 4.99 Å². The number of carbonyl (C=O) groups excluding carboxylic acids is 1. The molecule has 0 unspecified atom stereocenters. The van der Waals surface area contributed by atoms with E-state index in [1.165, 1.54) is 0 Å². The summed E-state index contributed by atoms with van der Waals surface area (Å²) in [6, 6.07) is 0. The third-order valence-electron chi connectivity index (χ3n) is 3.18. The van der Waals surface area contributed by atoms with Gasteiger partial charge in [-0.05, 0) is 19.3 Å². The van der Waals surface area contributed by atoms with Crippen molar-refractivity contribution >= 4 is 23.1 Å². The quantitative estimate of drug-likeness (QED) is 0.597. The van der Waals surface area contributed by atoms with Crippen molar-refractivity contribution in [1.29, 1.82) is 0 Å². The van der Waals surface area contributed by atoms with E-state index >= 15 is 0 Å². The van der Waals surface area contributed by atoms with Crippen LogP contribution in [0.3, 0.4) is 0 Å². The average Bonchev–Trinajstić information content (AvgIpc) is 2.33. The van der Waals surface area contributed by atoms with E-state index in [2.05, 4.69) is 5.32 Å². The lowest BCUT2D eigenvalue weighted by atomic mass is 9.79. The van der Waals surface area contributed by atoms with Crippen molar-refractivity contribution in [2.45, 2.75) is 31.9 Å². The summed E-state index contributed by atoms with van der Waals surface area (Å²) in [5.41, 5.74) is 4.63. The van der Waals surface area contributed by atoms with Gasteiger partial charge in [0.2, 0.25) is 5.91 Å². The van der Waals surface area contributed by atoms with Crippen LogP contribution in [0.4, 0.5) is 13.2 Å². The number of thiocarbonyl (C=S) groups is 1. The van der Waals surface area contributed by atoms with Crippen LogP contribution in [0.1, 0.15) is 25.7 Å². The second-order valence-corrected chi connectivity index (χ2v) is 4.97. The third kappa shape index (κ3) is 4.61. The van der Waals surface area contributed by atoms with Gasteiger partial charge in [-0.15, -0.1) is 0 Å². The summed E-state index contributed by atoms with van der Waals surface area (Å²) in [6.07, 6.45) is -4.54. The fourth-order valence-electron chi connectivity index (χ4n) is 1.97. The molecule has 0 bridgehead atoms. The van der Waals surface area contributed by atoms with E-state index in [0.29, 0.717) is 26.1 Å². The molecule has 4 nitrogen and oxygen atoms in total. The van der Waals surface area contributed by atoms with Gasteiger partial charge in [-0.1, -0.05) is 12.2 Å². The van der Waals surface area contributed by atoms with Crippen LogP contribution in [-0.2, 0) is 9.53 Å². The van der Waals surface area contributed by atoms with Gasteiger partial charge < -0.3 is 15.8 Å². The van der Waals surface area contributed by atoms with Crippen LogP contribution in [0, 0.1) is 5.41 Å². The second kappa shape index (κ2) is 6.51. The van der Waals surface area contributed by atoms with Gasteiger partial charge in [-0.3, -0.25) is 4.79 Å². The first-order valence-electron chi connectivity index (χ1n) is 6.01. The summed E-state index contributed by atoms with van der Waals surface area (Å²) < 4.78 is 41.1. The van der Waals surface area contributed by atoms with Crippen molar-refractivity contribution in [3.8, 4) is 0 Å². The highest BCUT2D eigenvalue weighted by Crippen LogP contribution is 2.31. The lowest BCUT2D eigenvalue weighted by Gasteiger charge is -2.34. The minimum Gasteiger partial charge on any atom is -0.392 e. The molecule has 1 fully saturated rings. The Morgan fingerprint density at radius 3 is 2.42 bits per heavy atom. The van der Waals surface area contributed by atoms with E-state index in [1.807, 2.05) is 0 Å². The van der Waals surface area contributed by atoms with Crippen LogP contribution in [0.25, 0.3) is 0 Å². The van der Waals surface area contributed by atoms with E-state index in [9.17, 15) is 18.0 Å². The molecule has 1 rings (SSSR count). The van der Waals surface area contributed by atoms with Crippen LogP contribution < -0.4 is 11.1 Å². The summed E-state index contributed by atoms with van der Waals surface area (Å²) in [4.78, 5) is 12.1. The fourth-order valence-corrected chi connectivity index (χ4v) is 2.26. The normalized spacial score (nSPS) is 18.9. The Kier molecular flexibility index (Phi) is 5.54. The van der Waals surface area contributed by atoms with Gasteiger partial charge in [0.1, 0.15) is 5.41 Å². The fraction of sp³-hybridized carbons (Fsp3) is 0.818. The number of rotatable bonds is 5. The van der Waals surface area contributed by atoms with Gasteiger partial charge in [-0.25, -0.2) is 0 Å². The van der Waals surface area contributed by atoms with Gasteiger partial charge >= 0.3 is 6.18 Å². The zero-order valence-corrected chi connectivity index (χ0v) is 11.2. The van der Waals surface area contributed by atoms with Crippen molar-refractivity contribution < 1.29 is 22.7 Å². The molecule has 0 aliphatic carbocycles. The van der Waals surface area contributed by atoms with Crippen molar-refractivity contribution in [2.24, 2.45) is 11.1 Å². The number of ether oxygens (including phenoxy) is 1. The van der Waals surface area contributed by atoms with Crippen molar-refractivity contribution in [2.75, 3.05) is 19.8 Å². The Bertz CT molecular complexity index is 341. The van der Waals surface area contributed by atoms with E-state index < -0.39 is 23.9 Å². The van der Waals surface area contributed by atoms with Gasteiger partial charge in [-0.2, -0.15) is 13.2 Å². The molecule has 3 N–H and O–H groups in total. The minimum absolute atomic E-state index is 0.0381. The summed E-state index contributed by atoms with van der Waals surface area (Å²) in [6.45, 7) is 0.699. The molecule has 8 heteroatoms. The Morgan fingerprint density at radius 2 is 1.95 bits per heavy atom. The monoisotopic (exact) mass is 298 g/mol. The highest BCUT2D eigenvalue weighted by Gasteiger charge is 2.42. The number of halogens is 3. The minimum atomic E-state index is -4.20. The Hall–Kier alpha value is -0.890. The second-order valence-electron chi connectivity index (χ2n) is 4.53. The molecule has 1 heterocycles. The smallest absolute Gasteiger partial charge is 0.389 e. The van der Waals surface area contributed by atoms with Crippen LogP contribution in [0.5, 0.6) is 0 Å². The molecule has 110 valence electrons. The molecule has 1 aliphatic rings. The van der Waals surface area contributed by atoms with Crippen LogP contribution in [0.15, 0.2) is 0 Å². The van der Waals surface area contributed by atoms with Gasteiger partial charge in [0.25, 0.3) is 0 Å². The zero-order valence-electron chi connectivity index (χ0n) is 10.4. The highest BCUT2D eigenvalue weighted by molar-refractivity contribution is 7.80.